The highest BCUT2D eigenvalue weighted by atomic mass is 35.5. The molecule has 25 heavy (non-hydrogen) atoms. The van der Waals surface area contributed by atoms with Crippen molar-refractivity contribution in [1.82, 2.24) is 0 Å². The number of benzene rings is 2. The van der Waals surface area contributed by atoms with Gasteiger partial charge in [-0.15, -0.1) is 0 Å². The Morgan fingerprint density at radius 3 is 2.36 bits per heavy atom. The Bertz CT molecular complexity index is 753. The lowest BCUT2D eigenvalue weighted by Crippen LogP contribution is -2.12. The molecule has 1 saturated carbocycles. The first-order valence-corrected chi connectivity index (χ1v) is 9.90. The van der Waals surface area contributed by atoms with E-state index < -0.39 is 0 Å². The van der Waals surface area contributed by atoms with Gasteiger partial charge in [-0.2, -0.15) is 0 Å². The Balaban J connectivity index is 1.58. The smallest absolute Gasteiger partial charge is 0.0450 e. The van der Waals surface area contributed by atoms with Crippen molar-refractivity contribution in [3.05, 3.63) is 69.7 Å². The highest BCUT2D eigenvalue weighted by molar-refractivity contribution is 6.31. The first-order chi connectivity index (χ1) is 12.2. The molecule has 0 aromatic heterocycles. The van der Waals surface area contributed by atoms with Gasteiger partial charge >= 0.3 is 0 Å². The topological polar surface area (TPSA) is 0 Å². The number of hydrogen-bond acceptors (Lipinski definition) is 0. The van der Waals surface area contributed by atoms with Gasteiger partial charge in [0, 0.05) is 16.5 Å². The average Bonchev–Trinajstić information content (AvgIpc) is 2.63. The van der Waals surface area contributed by atoms with E-state index >= 15 is 0 Å². The van der Waals surface area contributed by atoms with E-state index in [1.165, 1.54) is 42.4 Å². The molecule has 0 N–H and O–H groups in total. The largest absolute Gasteiger partial charge is 0.0945 e. The van der Waals surface area contributed by atoms with Crippen LogP contribution in [0, 0.1) is 24.7 Å². The zero-order chi connectivity index (χ0) is 17.6. The number of halogens is 1. The van der Waals surface area contributed by atoms with Crippen LogP contribution in [-0.2, 0) is 6.42 Å². The van der Waals surface area contributed by atoms with Crippen LogP contribution in [0.1, 0.15) is 67.2 Å². The summed E-state index contributed by atoms with van der Waals surface area (Å²) in [5, 5.41) is 0.858. The summed E-state index contributed by atoms with van der Waals surface area (Å²) in [6.07, 6.45) is 7.06. The molecule has 1 aliphatic carbocycles. The van der Waals surface area contributed by atoms with E-state index in [1.54, 1.807) is 0 Å². The minimum absolute atomic E-state index is 0.524. The molecule has 0 saturated heterocycles. The zero-order valence-electron chi connectivity index (χ0n) is 15.3. The normalized spacial score (nSPS) is 20.0. The Morgan fingerprint density at radius 1 is 1.00 bits per heavy atom. The molecule has 0 radical (unpaired) electrons. The summed E-state index contributed by atoms with van der Waals surface area (Å²) in [7, 11) is 0. The van der Waals surface area contributed by atoms with Gasteiger partial charge < -0.3 is 0 Å². The fraction of sp³-hybridized carbons (Fsp3) is 0.417. The Kier molecular flexibility index (Phi) is 6.22. The van der Waals surface area contributed by atoms with Crippen molar-refractivity contribution in [3.63, 3.8) is 0 Å². The molecule has 0 nitrogen and oxygen atoms in total. The van der Waals surface area contributed by atoms with Crippen LogP contribution < -0.4 is 0 Å². The van der Waals surface area contributed by atoms with Crippen molar-refractivity contribution in [3.8, 4) is 11.8 Å². The lowest BCUT2D eigenvalue weighted by Gasteiger charge is -2.26. The van der Waals surface area contributed by atoms with Crippen molar-refractivity contribution >= 4 is 11.6 Å². The number of rotatable bonds is 3. The van der Waals surface area contributed by atoms with Gasteiger partial charge in [0.25, 0.3) is 0 Å². The average molecular weight is 351 g/mol. The SMILES string of the molecule is CCCc1ccc(C#CC2CCC(c3ccc(C)cc3)CC2)cc1Cl. The molecule has 1 aliphatic rings. The first kappa shape index (κ1) is 18.1. The molecule has 1 heteroatoms. The fourth-order valence-electron chi connectivity index (χ4n) is 3.69. The molecule has 130 valence electrons. The molecule has 0 heterocycles. The van der Waals surface area contributed by atoms with Gasteiger partial charge in [-0.05, 0) is 68.2 Å². The monoisotopic (exact) mass is 350 g/mol. The molecular weight excluding hydrogens is 324 g/mol. The lowest BCUT2D eigenvalue weighted by molar-refractivity contribution is 0.384. The molecule has 1 fully saturated rings. The Labute approximate surface area is 157 Å². The van der Waals surface area contributed by atoms with Crippen molar-refractivity contribution in [2.45, 2.75) is 58.3 Å². The Hall–Kier alpha value is -1.71. The predicted molar refractivity (Wildman–Crippen MR) is 108 cm³/mol. The molecule has 0 bridgehead atoms. The van der Waals surface area contributed by atoms with Crippen LogP contribution in [0.4, 0.5) is 0 Å². The predicted octanol–water partition coefficient (Wildman–Crippen LogP) is 6.93. The number of aryl methyl sites for hydroxylation is 2. The second-order valence-electron chi connectivity index (χ2n) is 7.28. The van der Waals surface area contributed by atoms with E-state index in [-0.39, 0.29) is 0 Å². The lowest BCUT2D eigenvalue weighted by atomic mass is 9.79. The van der Waals surface area contributed by atoms with E-state index in [4.69, 9.17) is 11.6 Å². The molecule has 0 spiro atoms. The van der Waals surface area contributed by atoms with Crippen molar-refractivity contribution in [2.24, 2.45) is 5.92 Å². The fourth-order valence-corrected chi connectivity index (χ4v) is 3.97. The standard InChI is InChI=1S/C24H27Cl/c1-3-4-23-16-11-20(17-24(23)25)8-7-19-9-14-22(15-10-19)21-12-5-18(2)6-13-21/h5-6,11-13,16-17,19,22H,3-4,9-10,14-15H2,1-2H3. The maximum Gasteiger partial charge on any atom is 0.0450 e. The van der Waals surface area contributed by atoms with Crippen LogP contribution in [0.15, 0.2) is 42.5 Å². The maximum atomic E-state index is 6.36. The quantitative estimate of drug-likeness (QED) is 0.526. The van der Waals surface area contributed by atoms with Gasteiger partial charge in [0.15, 0.2) is 0 Å². The van der Waals surface area contributed by atoms with E-state index in [0.717, 1.165) is 23.4 Å². The van der Waals surface area contributed by atoms with Crippen molar-refractivity contribution in [2.75, 3.05) is 0 Å². The summed E-state index contributed by atoms with van der Waals surface area (Å²) in [5.74, 6) is 8.07. The third-order valence-corrected chi connectivity index (χ3v) is 5.62. The maximum absolute atomic E-state index is 6.36. The summed E-state index contributed by atoms with van der Waals surface area (Å²) in [4.78, 5) is 0. The summed E-state index contributed by atoms with van der Waals surface area (Å²) in [6.45, 7) is 4.33. The van der Waals surface area contributed by atoms with Gasteiger partial charge in [-0.3, -0.25) is 0 Å². The van der Waals surface area contributed by atoms with Gasteiger partial charge in [-0.25, -0.2) is 0 Å². The van der Waals surface area contributed by atoms with Crippen molar-refractivity contribution < 1.29 is 0 Å². The minimum Gasteiger partial charge on any atom is -0.0945 e. The molecule has 2 aromatic rings. The minimum atomic E-state index is 0.524. The van der Waals surface area contributed by atoms with E-state index in [1.807, 2.05) is 6.07 Å². The second kappa shape index (κ2) is 8.59. The third kappa shape index (κ3) is 4.90. The van der Waals surface area contributed by atoms with Crippen LogP contribution >= 0.6 is 11.6 Å². The highest BCUT2D eigenvalue weighted by Crippen LogP contribution is 2.35. The summed E-state index contributed by atoms with van der Waals surface area (Å²) in [5.41, 5.74) is 5.11. The van der Waals surface area contributed by atoms with Crippen LogP contribution in [0.2, 0.25) is 5.02 Å². The van der Waals surface area contributed by atoms with Crippen molar-refractivity contribution in [1.29, 1.82) is 0 Å². The van der Waals surface area contributed by atoms with Crippen LogP contribution in [0.3, 0.4) is 0 Å². The molecule has 0 amide bonds. The molecule has 0 aliphatic heterocycles. The Morgan fingerprint density at radius 2 is 1.72 bits per heavy atom. The van der Waals surface area contributed by atoms with Gasteiger partial charge in [0.1, 0.15) is 0 Å². The van der Waals surface area contributed by atoms with E-state index in [0.29, 0.717) is 11.8 Å². The molecule has 2 aromatic carbocycles. The molecule has 3 rings (SSSR count). The molecule has 0 atom stereocenters. The van der Waals surface area contributed by atoms with Gasteiger partial charge in [0.05, 0.1) is 0 Å². The second-order valence-corrected chi connectivity index (χ2v) is 7.69. The first-order valence-electron chi connectivity index (χ1n) is 9.52. The summed E-state index contributed by atoms with van der Waals surface area (Å²) in [6, 6.07) is 15.3. The number of hydrogen-bond donors (Lipinski definition) is 0. The molecular formula is C24H27Cl. The van der Waals surface area contributed by atoms with E-state index in [9.17, 15) is 0 Å². The third-order valence-electron chi connectivity index (χ3n) is 5.27. The van der Waals surface area contributed by atoms with Crippen LogP contribution in [-0.4, -0.2) is 0 Å². The van der Waals surface area contributed by atoms with Crippen LogP contribution in [0.25, 0.3) is 0 Å². The summed E-state index contributed by atoms with van der Waals surface area (Å²) >= 11 is 6.36. The summed E-state index contributed by atoms with van der Waals surface area (Å²) < 4.78 is 0. The van der Waals surface area contributed by atoms with Gasteiger partial charge in [-0.1, -0.05) is 72.7 Å². The van der Waals surface area contributed by atoms with Crippen LogP contribution in [0.5, 0.6) is 0 Å². The van der Waals surface area contributed by atoms with Gasteiger partial charge in [0.2, 0.25) is 0 Å². The zero-order valence-corrected chi connectivity index (χ0v) is 16.1. The molecule has 0 unspecified atom stereocenters. The van der Waals surface area contributed by atoms with E-state index in [2.05, 4.69) is 62.1 Å². The highest BCUT2D eigenvalue weighted by Gasteiger charge is 2.21.